The molecule has 0 aliphatic heterocycles. The van der Waals surface area contributed by atoms with Gasteiger partial charge in [0.15, 0.2) is 6.61 Å². The number of hydrogen-bond acceptors (Lipinski definition) is 4. The Morgan fingerprint density at radius 2 is 1.90 bits per heavy atom. The van der Waals surface area contributed by atoms with Gasteiger partial charge in [-0.1, -0.05) is 31.2 Å². The summed E-state index contributed by atoms with van der Waals surface area (Å²) in [6.45, 7) is 0.648. The van der Waals surface area contributed by atoms with Crippen LogP contribution in [0.2, 0.25) is 0 Å². The van der Waals surface area contributed by atoms with Crippen molar-refractivity contribution in [1.29, 1.82) is 0 Å². The summed E-state index contributed by atoms with van der Waals surface area (Å²) in [5.41, 5.74) is 1.83. The van der Waals surface area contributed by atoms with Gasteiger partial charge in [-0.25, -0.2) is 4.98 Å². The van der Waals surface area contributed by atoms with Crippen LogP contribution < -0.4 is 5.32 Å². The molecule has 29 heavy (non-hydrogen) atoms. The van der Waals surface area contributed by atoms with E-state index in [4.69, 9.17) is 4.74 Å². The number of benzene rings is 2. The molecule has 9 heteroatoms. The predicted octanol–water partition coefficient (Wildman–Crippen LogP) is 3.80. The SMILES string of the molecule is CCc1cccc(NC(=O)COC(=O)Cn2c(C(F)(F)F)nc3ccccc32)c1. The number of carbonyl (C=O) groups is 2. The molecule has 1 aromatic heterocycles. The monoisotopic (exact) mass is 405 g/mol. The second-order valence-electron chi connectivity index (χ2n) is 6.27. The van der Waals surface area contributed by atoms with Crippen LogP contribution in [-0.4, -0.2) is 28.0 Å². The first kappa shape index (κ1) is 20.4. The van der Waals surface area contributed by atoms with E-state index in [1.165, 1.54) is 12.1 Å². The molecule has 3 rings (SSSR count). The molecular weight excluding hydrogens is 387 g/mol. The van der Waals surface area contributed by atoms with Crippen LogP contribution in [0.4, 0.5) is 18.9 Å². The van der Waals surface area contributed by atoms with E-state index in [-0.39, 0.29) is 11.0 Å². The van der Waals surface area contributed by atoms with Crippen molar-refractivity contribution in [3.8, 4) is 0 Å². The molecule has 0 aliphatic carbocycles. The van der Waals surface area contributed by atoms with Crippen LogP contribution in [0.15, 0.2) is 48.5 Å². The van der Waals surface area contributed by atoms with Crippen molar-refractivity contribution in [1.82, 2.24) is 9.55 Å². The minimum absolute atomic E-state index is 0.112. The molecule has 0 fully saturated rings. The number of para-hydroxylation sites is 2. The molecule has 3 aromatic rings. The number of halogens is 3. The van der Waals surface area contributed by atoms with Crippen LogP contribution in [0.3, 0.4) is 0 Å². The lowest BCUT2D eigenvalue weighted by Crippen LogP contribution is -2.24. The quantitative estimate of drug-likeness (QED) is 0.633. The number of imidazole rings is 1. The Hall–Kier alpha value is -3.36. The number of anilines is 1. The third-order valence-corrected chi connectivity index (χ3v) is 4.18. The van der Waals surface area contributed by atoms with E-state index in [0.717, 1.165) is 16.6 Å². The lowest BCUT2D eigenvalue weighted by molar-refractivity contribution is -0.152. The Kier molecular flexibility index (Phi) is 5.86. The molecule has 0 aliphatic rings. The Labute approximate surface area is 164 Å². The zero-order valence-corrected chi connectivity index (χ0v) is 15.5. The molecule has 0 atom stereocenters. The van der Waals surface area contributed by atoms with Gasteiger partial charge in [-0.15, -0.1) is 0 Å². The molecule has 0 bridgehead atoms. The van der Waals surface area contributed by atoms with Crippen molar-refractivity contribution in [2.75, 3.05) is 11.9 Å². The Balaban J connectivity index is 1.66. The van der Waals surface area contributed by atoms with E-state index in [9.17, 15) is 22.8 Å². The van der Waals surface area contributed by atoms with Gasteiger partial charge in [-0.2, -0.15) is 13.2 Å². The van der Waals surface area contributed by atoms with Gasteiger partial charge in [0.2, 0.25) is 5.82 Å². The fraction of sp³-hybridized carbons (Fsp3) is 0.250. The summed E-state index contributed by atoms with van der Waals surface area (Å²) < 4.78 is 45.4. The largest absolute Gasteiger partial charge is 0.454 e. The summed E-state index contributed by atoms with van der Waals surface area (Å²) in [6, 6.07) is 13.1. The van der Waals surface area contributed by atoms with Crippen molar-refractivity contribution in [2.24, 2.45) is 0 Å². The molecule has 1 heterocycles. The van der Waals surface area contributed by atoms with Gasteiger partial charge in [-0.3, -0.25) is 9.59 Å². The second-order valence-corrected chi connectivity index (χ2v) is 6.27. The van der Waals surface area contributed by atoms with Gasteiger partial charge < -0.3 is 14.6 Å². The topological polar surface area (TPSA) is 73.2 Å². The molecule has 152 valence electrons. The number of esters is 1. The van der Waals surface area contributed by atoms with Crippen LogP contribution in [0, 0.1) is 0 Å². The summed E-state index contributed by atoms with van der Waals surface area (Å²) in [5, 5.41) is 2.58. The third-order valence-electron chi connectivity index (χ3n) is 4.18. The maximum atomic E-state index is 13.3. The molecule has 0 spiro atoms. The van der Waals surface area contributed by atoms with E-state index in [2.05, 4.69) is 10.3 Å². The van der Waals surface area contributed by atoms with Crippen molar-refractivity contribution < 1.29 is 27.5 Å². The molecule has 2 aromatic carbocycles. The molecule has 1 amide bonds. The highest BCUT2D eigenvalue weighted by atomic mass is 19.4. The number of rotatable bonds is 6. The zero-order valence-electron chi connectivity index (χ0n) is 15.5. The number of fused-ring (bicyclic) bond motifs is 1. The maximum Gasteiger partial charge on any atom is 0.449 e. The van der Waals surface area contributed by atoms with Gasteiger partial charge in [-0.05, 0) is 36.2 Å². The maximum absolute atomic E-state index is 13.3. The highest BCUT2D eigenvalue weighted by Crippen LogP contribution is 2.31. The predicted molar refractivity (Wildman–Crippen MR) is 100 cm³/mol. The number of aromatic nitrogens is 2. The molecule has 1 N–H and O–H groups in total. The van der Waals surface area contributed by atoms with E-state index in [1.54, 1.807) is 30.3 Å². The fourth-order valence-corrected chi connectivity index (χ4v) is 2.84. The molecule has 0 unspecified atom stereocenters. The highest BCUT2D eigenvalue weighted by Gasteiger charge is 2.38. The normalized spacial score (nSPS) is 11.4. The number of hydrogen-bond donors (Lipinski definition) is 1. The minimum Gasteiger partial charge on any atom is -0.454 e. The van der Waals surface area contributed by atoms with Gasteiger partial charge in [0.1, 0.15) is 6.54 Å². The van der Waals surface area contributed by atoms with Gasteiger partial charge in [0.25, 0.3) is 5.91 Å². The Morgan fingerprint density at radius 1 is 1.14 bits per heavy atom. The number of alkyl halides is 3. The summed E-state index contributed by atoms with van der Waals surface area (Å²) in [5.74, 6) is -2.76. The van der Waals surface area contributed by atoms with E-state index < -0.39 is 37.0 Å². The smallest absolute Gasteiger partial charge is 0.449 e. The molecule has 0 saturated carbocycles. The fourth-order valence-electron chi connectivity index (χ4n) is 2.84. The summed E-state index contributed by atoms with van der Waals surface area (Å²) >= 11 is 0. The average Bonchev–Trinajstić information content (AvgIpc) is 3.05. The Bertz CT molecular complexity index is 1040. The summed E-state index contributed by atoms with van der Waals surface area (Å²) in [7, 11) is 0. The van der Waals surface area contributed by atoms with Crippen LogP contribution in [0.5, 0.6) is 0 Å². The number of nitrogens with zero attached hydrogens (tertiary/aromatic N) is 2. The first-order valence-corrected chi connectivity index (χ1v) is 8.85. The van der Waals surface area contributed by atoms with Crippen molar-refractivity contribution in [3.05, 3.63) is 59.9 Å². The first-order chi connectivity index (χ1) is 13.8. The van der Waals surface area contributed by atoms with Crippen molar-refractivity contribution in [2.45, 2.75) is 26.1 Å². The van der Waals surface area contributed by atoms with Crippen molar-refractivity contribution >= 4 is 28.6 Å². The molecule has 0 saturated heterocycles. The third kappa shape index (κ3) is 4.92. The lowest BCUT2D eigenvalue weighted by atomic mass is 10.1. The zero-order chi connectivity index (χ0) is 21.0. The lowest BCUT2D eigenvalue weighted by Gasteiger charge is -2.11. The number of carbonyl (C=O) groups excluding carboxylic acids is 2. The van der Waals surface area contributed by atoms with Crippen LogP contribution in [0.25, 0.3) is 11.0 Å². The standard InChI is InChI=1S/C20H18F3N3O3/c1-2-13-6-5-7-14(10-13)24-17(27)12-29-18(28)11-26-16-9-4-3-8-15(16)25-19(26)20(21,22)23/h3-10H,2,11-12H2,1H3,(H,24,27). The van der Waals surface area contributed by atoms with Crippen LogP contribution >= 0.6 is 0 Å². The van der Waals surface area contributed by atoms with E-state index >= 15 is 0 Å². The Morgan fingerprint density at radius 3 is 2.62 bits per heavy atom. The van der Waals surface area contributed by atoms with E-state index in [1.807, 2.05) is 13.0 Å². The van der Waals surface area contributed by atoms with Crippen LogP contribution in [0.1, 0.15) is 18.3 Å². The average molecular weight is 405 g/mol. The van der Waals surface area contributed by atoms with Crippen LogP contribution in [-0.2, 0) is 33.5 Å². The van der Waals surface area contributed by atoms with Gasteiger partial charge in [0.05, 0.1) is 11.0 Å². The summed E-state index contributed by atoms with van der Waals surface area (Å²) in [4.78, 5) is 27.6. The minimum atomic E-state index is -4.74. The van der Waals surface area contributed by atoms with Gasteiger partial charge >= 0.3 is 12.1 Å². The van der Waals surface area contributed by atoms with E-state index in [0.29, 0.717) is 5.69 Å². The number of ether oxygens (including phenoxy) is 1. The number of nitrogens with one attached hydrogen (secondary N) is 1. The first-order valence-electron chi connectivity index (χ1n) is 8.85. The molecular formula is C20H18F3N3O3. The van der Waals surface area contributed by atoms with Crippen molar-refractivity contribution in [3.63, 3.8) is 0 Å². The number of amides is 1. The molecule has 0 radical (unpaired) electrons. The summed E-state index contributed by atoms with van der Waals surface area (Å²) in [6.07, 6.45) is -3.94. The second kappa shape index (κ2) is 8.34. The molecule has 6 nitrogen and oxygen atoms in total. The highest BCUT2D eigenvalue weighted by molar-refractivity contribution is 5.93. The van der Waals surface area contributed by atoms with Gasteiger partial charge in [0, 0.05) is 5.69 Å². The number of aryl methyl sites for hydroxylation is 1.